The van der Waals surface area contributed by atoms with Crippen LogP contribution in [0.4, 0.5) is 17.6 Å². The molecule has 3 rings (SSSR count). The zero-order valence-electron chi connectivity index (χ0n) is 16.5. The van der Waals surface area contributed by atoms with Gasteiger partial charge in [0.15, 0.2) is 0 Å². The van der Waals surface area contributed by atoms with Crippen molar-refractivity contribution in [2.24, 2.45) is 5.92 Å². The van der Waals surface area contributed by atoms with E-state index in [-0.39, 0.29) is 23.5 Å². The summed E-state index contributed by atoms with van der Waals surface area (Å²) in [5.74, 6) is -0.888. The van der Waals surface area contributed by atoms with Gasteiger partial charge in [-0.05, 0) is 48.9 Å². The average molecular weight is 433 g/mol. The highest BCUT2D eigenvalue weighted by atomic mass is 19.4. The van der Waals surface area contributed by atoms with Gasteiger partial charge in [0.05, 0.1) is 18.2 Å². The molecule has 1 aromatic rings. The summed E-state index contributed by atoms with van der Waals surface area (Å²) in [6.45, 7) is 2.99. The first-order valence-electron chi connectivity index (χ1n) is 10.1. The second kappa shape index (κ2) is 9.59. The maximum absolute atomic E-state index is 13.5. The number of carbonyl (C=O) groups excluding carboxylic acids is 1. The normalized spacial score (nSPS) is 22.5. The molecule has 0 spiro atoms. The Kier molecular flexibility index (Phi) is 7.33. The monoisotopic (exact) mass is 433 g/mol. The van der Waals surface area contributed by atoms with Crippen LogP contribution in [0.3, 0.4) is 0 Å². The van der Waals surface area contributed by atoms with E-state index in [1.807, 2.05) is 4.90 Å². The van der Waals surface area contributed by atoms with Crippen LogP contribution in [-0.4, -0.2) is 71.3 Å². The van der Waals surface area contributed by atoms with Gasteiger partial charge in [0.2, 0.25) is 5.91 Å². The molecule has 2 aliphatic rings. The van der Waals surface area contributed by atoms with Crippen molar-refractivity contribution in [1.82, 2.24) is 15.1 Å². The summed E-state index contributed by atoms with van der Waals surface area (Å²) in [6.07, 6.45) is -4.40. The first-order chi connectivity index (χ1) is 14.1. The number of carbonyl (C=O) groups is 1. The summed E-state index contributed by atoms with van der Waals surface area (Å²) in [4.78, 5) is 16.1. The lowest BCUT2D eigenvalue weighted by Crippen LogP contribution is -2.45. The van der Waals surface area contributed by atoms with Crippen LogP contribution in [0.1, 0.15) is 36.6 Å². The molecule has 3 N–H and O–H groups in total. The molecule has 10 heteroatoms. The lowest BCUT2D eigenvalue weighted by atomic mass is 9.96. The molecule has 30 heavy (non-hydrogen) atoms. The van der Waals surface area contributed by atoms with E-state index in [2.05, 4.69) is 5.32 Å². The molecule has 2 saturated heterocycles. The zero-order chi connectivity index (χ0) is 21.9. The van der Waals surface area contributed by atoms with Crippen LogP contribution in [0.25, 0.3) is 0 Å². The molecule has 0 bridgehead atoms. The maximum atomic E-state index is 13.5. The molecule has 6 nitrogen and oxygen atoms in total. The van der Waals surface area contributed by atoms with Crippen LogP contribution in [0.15, 0.2) is 18.2 Å². The number of aliphatic hydroxyl groups is 2. The third-order valence-electron chi connectivity index (χ3n) is 5.74. The predicted molar refractivity (Wildman–Crippen MR) is 101 cm³/mol. The fourth-order valence-electron chi connectivity index (χ4n) is 3.96. The Labute approximate surface area is 172 Å². The number of hydrogen-bond acceptors (Lipinski definition) is 5. The minimum absolute atomic E-state index is 0.0231. The number of β-amino-alcohol motifs (C(OH)–C–C–N with tert-alkyl or cyclic N) is 1. The smallest absolute Gasteiger partial charge is 0.392 e. The van der Waals surface area contributed by atoms with Gasteiger partial charge in [-0.25, -0.2) is 4.39 Å². The summed E-state index contributed by atoms with van der Waals surface area (Å²) in [6, 6.07) is 2.01. The fraction of sp³-hybridized carbons (Fsp3) is 0.650. The Balaban J connectivity index is 1.44. The molecular formula is C20H27F4N3O3. The minimum atomic E-state index is -4.69. The Bertz CT molecular complexity index is 738. The van der Waals surface area contributed by atoms with Gasteiger partial charge < -0.3 is 15.1 Å². The second-order valence-electron chi connectivity index (χ2n) is 8.08. The van der Waals surface area contributed by atoms with E-state index >= 15 is 0 Å². The van der Waals surface area contributed by atoms with Gasteiger partial charge in [-0.1, -0.05) is 0 Å². The molecule has 1 aromatic carbocycles. The Hall–Kier alpha value is -1.75. The van der Waals surface area contributed by atoms with Crippen molar-refractivity contribution in [1.29, 1.82) is 0 Å². The highest BCUT2D eigenvalue weighted by Crippen LogP contribution is 2.31. The minimum Gasteiger partial charge on any atom is -0.392 e. The van der Waals surface area contributed by atoms with E-state index in [1.54, 1.807) is 4.90 Å². The number of nitrogens with one attached hydrogen (secondary N) is 1. The average Bonchev–Trinajstić information content (AvgIpc) is 3.10. The summed E-state index contributed by atoms with van der Waals surface area (Å²) in [7, 11) is 0. The summed E-state index contributed by atoms with van der Waals surface area (Å²) >= 11 is 0. The fourth-order valence-corrected chi connectivity index (χ4v) is 3.96. The van der Waals surface area contributed by atoms with Crippen LogP contribution in [0, 0.1) is 11.7 Å². The first-order valence-corrected chi connectivity index (χ1v) is 10.1. The topological polar surface area (TPSA) is 76.0 Å². The molecule has 2 heterocycles. The molecule has 2 aliphatic heterocycles. The Morgan fingerprint density at radius 2 is 1.87 bits per heavy atom. The molecule has 2 fully saturated rings. The Morgan fingerprint density at radius 3 is 2.47 bits per heavy atom. The molecule has 0 aromatic heterocycles. The van der Waals surface area contributed by atoms with Crippen molar-refractivity contribution in [2.45, 2.75) is 37.8 Å². The van der Waals surface area contributed by atoms with E-state index in [4.69, 9.17) is 0 Å². The van der Waals surface area contributed by atoms with Crippen molar-refractivity contribution >= 4 is 5.91 Å². The van der Waals surface area contributed by atoms with Crippen molar-refractivity contribution in [2.75, 3.05) is 39.3 Å². The molecule has 2 atom stereocenters. The molecule has 0 radical (unpaired) electrons. The Morgan fingerprint density at radius 1 is 1.17 bits per heavy atom. The molecule has 168 valence electrons. The summed E-state index contributed by atoms with van der Waals surface area (Å²) in [5, 5.41) is 22.5. The van der Waals surface area contributed by atoms with E-state index in [0.717, 1.165) is 12.1 Å². The second-order valence-corrected chi connectivity index (χ2v) is 8.08. The van der Waals surface area contributed by atoms with E-state index in [0.29, 0.717) is 64.6 Å². The molecule has 1 amide bonds. The largest absolute Gasteiger partial charge is 0.416 e. The number of hydrogen-bond donors (Lipinski definition) is 3. The molecular weight excluding hydrogens is 406 g/mol. The summed E-state index contributed by atoms with van der Waals surface area (Å²) < 4.78 is 52.0. The van der Waals surface area contributed by atoms with Crippen molar-refractivity contribution < 1.29 is 32.6 Å². The van der Waals surface area contributed by atoms with E-state index in [1.165, 1.54) is 0 Å². The lowest BCUT2D eigenvalue weighted by Gasteiger charge is -2.33. The third-order valence-corrected chi connectivity index (χ3v) is 5.74. The molecule has 0 aliphatic carbocycles. The zero-order valence-corrected chi connectivity index (χ0v) is 16.5. The van der Waals surface area contributed by atoms with Gasteiger partial charge in [-0.3, -0.25) is 15.0 Å². The van der Waals surface area contributed by atoms with Crippen LogP contribution in [0.2, 0.25) is 0 Å². The maximum Gasteiger partial charge on any atom is 0.416 e. The number of benzene rings is 1. The van der Waals surface area contributed by atoms with Crippen LogP contribution < -0.4 is 5.32 Å². The number of halogens is 4. The molecule has 0 saturated carbocycles. The standard InChI is InChI=1S/C20H27F4N3O3/c21-16-8-14(7-15(9-16)20(22,23)24)19(30)25-10-13-1-5-27(6-2-13)18(29)12-26-4-3-17(28)11-26/h7-9,13,17,19,25,28,30H,1-6,10-12H2/t17-,19?/m1/s1. The van der Waals surface area contributed by atoms with E-state index < -0.39 is 23.8 Å². The van der Waals surface area contributed by atoms with Crippen LogP contribution >= 0.6 is 0 Å². The number of rotatable bonds is 6. The third kappa shape index (κ3) is 6.13. The van der Waals surface area contributed by atoms with Gasteiger partial charge >= 0.3 is 6.18 Å². The van der Waals surface area contributed by atoms with Crippen molar-refractivity contribution in [3.05, 3.63) is 35.1 Å². The number of likely N-dealkylation sites (tertiary alicyclic amines) is 2. The van der Waals surface area contributed by atoms with Gasteiger partial charge in [0, 0.05) is 32.7 Å². The van der Waals surface area contributed by atoms with Gasteiger partial charge in [-0.2, -0.15) is 13.2 Å². The SMILES string of the molecule is O=C(CN1CC[C@@H](O)C1)N1CCC(CNC(O)c2cc(F)cc(C(F)(F)F)c2)CC1. The summed E-state index contributed by atoms with van der Waals surface area (Å²) in [5.41, 5.74) is -1.32. The van der Waals surface area contributed by atoms with Crippen molar-refractivity contribution in [3.63, 3.8) is 0 Å². The highest BCUT2D eigenvalue weighted by molar-refractivity contribution is 5.78. The number of nitrogens with zero attached hydrogens (tertiary/aromatic N) is 2. The lowest BCUT2D eigenvalue weighted by molar-refractivity contribution is -0.138. The van der Waals surface area contributed by atoms with Crippen LogP contribution in [0.5, 0.6) is 0 Å². The van der Waals surface area contributed by atoms with Crippen molar-refractivity contribution in [3.8, 4) is 0 Å². The van der Waals surface area contributed by atoms with E-state index in [9.17, 15) is 32.6 Å². The predicted octanol–water partition coefficient (Wildman–Crippen LogP) is 1.73. The highest BCUT2D eigenvalue weighted by Gasteiger charge is 2.32. The van der Waals surface area contributed by atoms with Gasteiger partial charge in [0.25, 0.3) is 0 Å². The molecule has 1 unspecified atom stereocenters. The number of piperidine rings is 1. The number of aliphatic hydroxyl groups excluding tert-OH is 2. The van der Waals surface area contributed by atoms with Crippen LogP contribution in [-0.2, 0) is 11.0 Å². The number of amides is 1. The van der Waals surface area contributed by atoms with Gasteiger partial charge in [-0.15, -0.1) is 0 Å². The first kappa shape index (κ1) is 22.9. The van der Waals surface area contributed by atoms with Gasteiger partial charge in [0.1, 0.15) is 12.0 Å². The number of alkyl halides is 3. The quantitative estimate of drug-likeness (QED) is 0.471.